The number of fused-ring (bicyclic) bond motifs is 6. The maximum Gasteiger partial charge on any atom is 0.160 e. The number of hydrogen-bond acceptors (Lipinski definition) is 4. The van der Waals surface area contributed by atoms with E-state index in [9.17, 15) is 0 Å². The van der Waals surface area contributed by atoms with Crippen molar-refractivity contribution in [3.05, 3.63) is 194 Å². The van der Waals surface area contributed by atoms with Crippen molar-refractivity contribution in [3.63, 3.8) is 0 Å². The molecule has 0 bridgehead atoms. The molecule has 11 aromatic rings. The van der Waals surface area contributed by atoms with Gasteiger partial charge in [0.25, 0.3) is 0 Å². The van der Waals surface area contributed by atoms with E-state index >= 15 is 0 Å². The van der Waals surface area contributed by atoms with Crippen molar-refractivity contribution in [1.29, 1.82) is 0 Å². The van der Waals surface area contributed by atoms with E-state index in [0.29, 0.717) is 5.82 Å². The summed E-state index contributed by atoms with van der Waals surface area (Å²) < 4.78 is 9.80. The van der Waals surface area contributed by atoms with Gasteiger partial charge in [-0.05, 0) is 41.0 Å². The molecule has 0 aliphatic heterocycles. The van der Waals surface area contributed by atoms with E-state index in [-0.39, 0.29) is 0 Å². The van der Waals surface area contributed by atoms with Gasteiger partial charge < -0.3 is 4.42 Å². The number of benzene rings is 8. The molecule has 4 heteroatoms. The predicted octanol–water partition coefficient (Wildman–Crippen LogP) is 14.7. The summed E-state index contributed by atoms with van der Waals surface area (Å²) in [6.07, 6.45) is 0. The first-order valence-corrected chi connectivity index (χ1v) is 19.6. The highest BCUT2D eigenvalue weighted by Crippen LogP contribution is 2.49. The fraction of sp³-hybridized carbons (Fsp3) is 0. The number of aromatic nitrogens is 2. The van der Waals surface area contributed by atoms with E-state index in [1.54, 1.807) is 0 Å². The summed E-state index contributed by atoms with van der Waals surface area (Å²) in [4.78, 5) is 10.8. The Morgan fingerprint density at radius 3 is 1.57 bits per heavy atom. The average molecular weight is 733 g/mol. The molecule has 0 fully saturated rings. The lowest BCUT2D eigenvalue weighted by atomic mass is 9.87. The average Bonchev–Trinajstić information content (AvgIpc) is 3.85. The number of hydrogen-bond donors (Lipinski definition) is 0. The summed E-state index contributed by atoms with van der Waals surface area (Å²) in [5.41, 5.74) is 12.7. The molecule has 3 aromatic heterocycles. The van der Waals surface area contributed by atoms with Crippen LogP contribution in [0.15, 0.2) is 199 Å². The topological polar surface area (TPSA) is 38.9 Å². The van der Waals surface area contributed by atoms with Gasteiger partial charge >= 0.3 is 0 Å². The third kappa shape index (κ3) is 5.34. The first kappa shape index (κ1) is 32.3. The molecule has 0 atom stereocenters. The fourth-order valence-electron chi connectivity index (χ4n) is 8.12. The summed E-state index contributed by atoms with van der Waals surface area (Å²) in [7, 11) is 0. The molecular weight excluding hydrogens is 701 g/mol. The van der Waals surface area contributed by atoms with Crippen molar-refractivity contribution in [2.75, 3.05) is 0 Å². The van der Waals surface area contributed by atoms with E-state index in [2.05, 4.69) is 164 Å². The summed E-state index contributed by atoms with van der Waals surface area (Å²) >= 11 is 1.84. The highest BCUT2D eigenvalue weighted by atomic mass is 32.1. The lowest BCUT2D eigenvalue weighted by molar-refractivity contribution is 0.671. The highest BCUT2D eigenvalue weighted by Gasteiger charge is 2.26. The van der Waals surface area contributed by atoms with E-state index in [0.717, 1.165) is 83.4 Å². The number of furan rings is 1. The van der Waals surface area contributed by atoms with Crippen molar-refractivity contribution < 1.29 is 4.42 Å². The summed E-state index contributed by atoms with van der Waals surface area (Å²) in [6, 6.07) is 68.2. The Kier molecular flexibility index (Phi) is 7.68. The summed E-state index contributed by atoms with van der Waals surface area (Å²) in [6.45, 7) is 0. The predicted molar refractivity (Wildman–Crippen MR) is 235 cm³/mol. The molecule has 0 amide bonds. The van der Waals surface area contributed by atoms with Gasteiger partial charge in [0.15, 0.2) is 5.82 Å². The first-order valence-electron chi connectivity index (χ1n) is 18.8. The molecule has 0 aliphatic rings. The second-order valence-corrected chi connectivity index (χ2v) is 15.1. The minimum Gasteiger partial charge on any atom is -0.455 e. The molecule has 262 valence electrons. The lowest BCUT2D eigenvalue weighted by Crippen LogP contribution is -2.02. The van der Waals surface area contributed by atoms with Gasteiger partial charge in [0, 0.05) is 64.3 Å². The van der Waals surface area contributed by atoms with Gasteiger partial charge in [0.2, 0.25) is 0 Å². The molecule has 0 saturated heterocycles. The Balaban J connectivity index is 1.23. The molecule has 3 nitrogen and oxygen atoms in total. The van der Waals surface area contributed by atoms with E-state index in [4.69, 9.17) is 14.4 Å². The number of thiophene rings is 1. The first-order chi connectivity index (χ1) is 27.8. The standard InChI is InChI=1S/C52H32N2OS/c1-5-16-33(17-6-1)46-42(47-48(34-18-7-2-8-19-34)53-52(36-22-11-4-12-23-36)54-49(47)35-20-9-3-10-21-35)30-29-41-40-26-15-25-38(50(40)55-51(41)46)37-28-31-45-43(32-37)39-24-13-14-27-44(39)56-45/h1-32H. The van der Waals surface area contributed by atoms with Crippen LogP contribution in [0.25, 0.3) is 109 Å². The third-order valence-electron chi connectivity index (χ3n) is 10.7. The zero-order valence-electron chi connectivity index (χ0n) is 30.2. The lowest BCUT2D eigenvalue weighted by Gasteiger charge is -2.19. The normalized spacial score (nSPS) is 11.6. The van der Waals surface area contributed by atoms with Gasteiger partial charge in [-0.15, -0.1) is 11.3 Å². The van der Waals surface area contributed by atoms with Crippen LogP contribution in [0, 0.1) is 0 Å². The van der Waals surface area contributed by atoms with Crippen molar-refractivity contribution in [3.8, 4) is 67.3 Å². The maximum absolute atomic E-state index is 7.21. The maximum atomic E-state index is 7.21. The fourth-order valence-corrected chi connectivity index (χ4v) is 9.21. The largest absolute Gasteiger partial charge is 0.455 e. The molecule has 56 heavy (non-hydrogen) atoms. The number of rotatable bonds is 6. The van der Waals surface area contributed by atoms with Gasteiger partial charge in [-0.1, -0.05) is 170 Å². The smallest absolute Gasteiger partial charge is 0.160 e. The van der Waals surface area contributed by atoms with Crippen molar-refractivity contribution in [2.45, 2.75) is 0 Å². The van der Waals surface area contributed by atoms with Crippen LogP contribution < -0.4 is 0 Å². The van der Waals surface area contributed by atoms with E-state index in [1.165, 1.54) is 20.2 Å². The molecule has 0 saturated carbocycles. The molecule has 0 unspecified atom stereocenters. The molecule has 11 rings (SSSR count). The zero-order valence-corrected chi connectivity index (χ0v) is 31.0. The van der Waals surface area contributed by atoms with Crippen LogP contribution in [0.3, 0.4) is 0 Å². The molecule has 0 N–H and O–H groups in total. The quantitative estimate of drug-likeness (QED) is 0.171. The molecule has 8 aromatic carbocycles. The third-order valence-corrected chi connectivity index (χ3v) is 11.9. The SMILES string of the molecule is c1ccc(-c2nc(-c3ccccc3)c(-c3ccc4c(oc5c(-c6ccc7sc8ccccc8c7c6)cccc54)c3-c3ccccc3)c(-c3ccccc3)n2)cc1. The van der Waals surface area contributed by atoms with Crippen LogP contribution >= 0.6 is 11.3 Å². The Morgan fingerprint density at radius 2 is 0.893 bits per heavy atom. The van der Waals surface area contributed by atoms with Crippen molar-refractivity contribution >= 4 is 53.4 Å². The highest BCUT2D eigenvalue weighted by molar-refractivity contribution is 7.25. The number of para-hydroxylation sites is 1. The van der Waals surface area contributed by atoms with Crippen LogP contribution in [-0.2, 0) is 0 Å². The van der Waals surface area contributed by atoms with E-state index < -0.39 is 0 Å². The van der Waals surface area contributed by atoms with Gasteiger partial charge in [-0.25, -0.2) is 9.97 Å². The number of nitrogens with zero attached hydrogens (tertiary/aromatic N) is 2. The molecule has 0 spiro atoms. The summed E-state index contributed by atoms with van der Waals surface area (Å²) in [5, 5.41) is 4.70. The van der Waals surface area contributed by atoms with Gasteiger partial charge in [-0.2, -0.15) is 0 Å². The zero-order chi connectivity index (χ0) is 37.0. The minimum absolute atomic E-state index is 0.679. The van der Waals surface area contributed by atoms with Crippen molar-refractivity contribution in [2.24, 2.45) is 0 Å². The minimum atomic E-state index is 0.679. The van der Waals surface area contributed by atoms with Crippen LogP contribution in [0.4, 0.5) is 0 Å². The van der Waals surface area contributed by atoms with Gasteiger partial charge in [0.05, 0.1) is 11.4 Å². The van der Waals surface area contributed by atoms with Gasteiger partial charge in [-0.3, -0.25) is 0 Å². The van der Waals surface area contributed by atoms with E-state index in [1.807, 2.05) is 41.7 Å². The van der Waals surface area contributed by atoms with Crippen molar-refractivity contribution in [1.82, 2.24) is 9.97 Å². The molecule has 0 radical (unpaired) electrons. The van der Waals surface area contributed by atoms with Crippen LogP contribution in [0.2, 0.25) is 0 Å². The Morgan fingerprint density at radius 1 is 0.339 bits per heavy atom. The van der Waals surface area contributed by atoms with Crippen LogP contribution in [-0.4, -0.2) is 9.97 Å². The van der Waals surface area contributed by atoms with Crippen LogP contribution in [0.1, 0.15) is 0 Å². The summed E-state index contributed by atoms with van der Waals surface area (Å²) in [5.74, 6) is 0.679. The monoisotopic (exact) mass is 732 g/mol. The Labute approximate surface area is 327 Å². The second-order valence-electron chi connectivity index (χ2n) is 14.0. The Hall–Kier alpha value is -7.14. The molecular formula is C52H32N2OS. The molecule has 0 aliphatic carbocycles. The Bertz CT molecular complexity index is 3160. The van der Waals surface area contributed by atoms with Crippen LogP contribution in [0.5, 0.6) is 0 Å². The molecule has 3 heterocycles. The second kappa shape index (κ2) is 13.3. The van der Waals surface area contributed by atoms with Gasteiger partial charge in [0.1, 0.15) is 11.2 Å².